The summed E-state index contributed by atoms with van der Waals surface area (Å²) in [6.45, 7) is 1.01. The summed E-state index contributed by atoms with van der Waals surface area (Å²) in [7, 11) is 3.88. The maximum atomic E-state index is 13.7. The molecule has 6 nitrogen and oxygen atoms in total. The van der Waals surface area contributed by atoms with Crippen molar-refractivity contribution in [2.24, 2.45) is 0 Å². The second kappa shape index (κ2) is 8.70. The molecule has 2 aromatic heterocycles. The minimum Gasteiger partial charge on any atom is -0.422 e. The van der Waals surface area contributed by atoms with Crippen molar-refractivity contribution in [3.8, 4) is 0 Å². The van der Waals surface area contributed by atoms with Gasteiger partial charge in [0.2, 0.25) is 0 Å². The SMILES string of the molecule is CN(C)CCN(C(=O)c1cc2c(ccc3ccccc32)oc1=O)c1nc2ccc(Br)cc2s1. The second-order valence-electron chi connectivity index (χ2n) is 8.01. The van der Waals surface area contributed by atoms with E-state index in [9.17, 15) is 9.59 Å². The zero-order valence-electron chi connectivity index (χ0n) is 18.0. The van der Waals surface area contributed by atoms with Gasteiger partial charge in [0.05, 0.1) is 10.2 Å². The Balaban J connectivity index is 1.64. The molecule has 0 bridgehead atoms. The average molecular weight is 522 g/mol. The van der Waals surface area contributed by atoms with Crippen molar-refractivity contribution in [2.45, 2.75) is 0 Å². The number of likely N-dealkylation sites (N-methyl/N-ethyl adjacent to an activating group) is 1. The zero-order chi connectivity index (χ0) is 23.1. The monoisotopic (exact) mass is 521 g/mol. The summed E-state index contributed by atoms with van der Waals surface area (Å²) >= 11 is 4.90. The molecule has 3 aromatic carbocycles. The molecule has 0 radical (unpaired) electrons. The summed E-state index contributed by atoms with van der Waals surface area (Å²) < 4.78 is 7.47. The van der Waals surface area contributed by atoms with Gasteiger partial charge in [-0.3, -0.25) is 9.69 Å². The van der Waals surface area contributed by atoms with Gasteiger partial charge >= 0.3 is 5.63 Å². The molecule has 0 saturated heterocycles. The Labute approximate surface area is 202 Å². The van der Waals surface area contributed by atoms with Crippen LogP contribution in [0.15, 0.2) is 74.3 Å². The van der Waals surface area contributed by atoms with Crippen molar-refractivity contribution < 1.29 is 9.21 Å². The molecule has 0 saturated carbocycles. The number of aromatic nitrogens is 1. The first-order valence-corrected chi connectivity index (χ1v) is 12.0. The number of rotatable bonds is 5. The van der Waals surface area contributed by atoms with E-state index in [1.54, 1.807) is 17.0 Å². The molecule has 0 N–H and O–H groups in total. The van der Waals surface area contributed by atoms with Gasteiger partial charge in [0.1, 0.15) is 11.1 Å². The van der Waals surface area contributed by atoms with Gasteiger partial charge in [-0.05, 0) is 55.2 Å². The molecule has 0 aliphatic heterocycles. The average Bonchev–Trinajstić information content (AvgIpc) is 3.21. The summed E-state index contributed by atoms with van der Waals surface area (Å²) in [4.78, 5) is 34.8. The molecule has 166 valence electrons. The maximum absolute atomic E-state index is 13.7. The first kappa shape index (κ1) is 21.8. The number of amides is 1. The van der Waals surface area contributed by atoms with E-state index in [-0.39, 0.29) is 5.56 Å². The van der Waals surface area contributed by atoms with Crippen LogP contribution in [-0.2, 0) is 0 Å². The Morgan fingerprint density at radius 2 is 1.85 bits per heavy atom. The van der Waals surface area contributed by atoms with E-state index in [1.165, 1.54) is 11.3 Å². The number of hydrogen-bond donors (Lipinski definition) is 0. The number of thiazole rings is 1. The predicted molar refractivity (Wildman–Crippen MR) is 138 cm³/mol. The molecule has 5 rings (SSSR count). The van der Waals surface area contributed by atoms with E-state index >= 15 is 0 Å². The third kappa shape index (κ3) is 4.17. The van der Waals surface area contributed by atoms with Gasteiger partial charge in [0, 0.05) is 22.9 Å². The number of fused-ring (bicyclic) bond motifs is 4. The van der Waals surface area contributed by atoms with Crippen LogP contribution in [0.3, 0.4) is 0 Å². The quantitative estimate of drug-likeness (QED) is 0.225. The largest absolute Gasteiger partial charge is 0.422 e. The number of hydrogen-bond acceptors (Lipinski definition) is 6. The van der Waals surface area contributed by atoms with Crippen molar-refractivity contribution in [1.29, 1.82) is 0 Å². The molecule has 1 amide bonds. The van der Waals surface area contributed by atoms with Crippen LogP contribution in [0, 0.1) is 0 Å². The molecule has 0 fully saturated rings. The smallest absolute Gasteiger partial charge is 0.349 e. The van der Waals surface area contributed by atoms with Crippen LogP contribution >= 0.6 is 27.3 Å². The number of nitrogens with zero attached hydrogens (tertiary/aromatic N) is 3. The second-order valence-corrected chi connectivity index (χ2v) is 9.94. The van der Waals surface area contributed by atoms with Crippen LogP contribution in [0.1, 0.15) is 10.4 Å². The van der Waals surface area contributed by atoms with Crippen LogP contribution in [0.5, 0.6) is 0 Å². The summed E-state index contributed by atoms with van der Waals surface area (Å²) in [6, 6.07) is 19.0. The van der Waals surface area contributed by atoms with Gasteiger partial charge in [-0.15, -0.1) is 0 Å². The fourth-order valence-electron chi connectivity index (χ4n) is 3.75. The summed E-state index contributed by atoms with van der Waals surface area (Å²) in [5.41, 5.74) is 0.608. The Kier molecular flexibility index (Phi) is 5.74. The lowest BCUT2D eigenvalue weighted by molar-refractivity contribution is 0.0982. The highest BCUT2D eigenvalue weighted by Crippen LogP contribution is 2.32. The highest BCUT2D eigenvalue weighted by molar-refractivity contribution is 9.10. The van der Waals surface area contributed by atoms with E-state index < -0.39 is 11.5 Å². The molecule has 0 atom stereocenters. The highest BCUT2D eigenvalue weighted by atomic mass is 79.9. The van der Waals surface area contributed by atoms with Crippen LogP contribution in [0.2, 0.25) is 0 Å². The van der Waals surface area contributed by atoms with Crippen molar-refractivity contribution in [3.05, 3.63) is 81.1 Å². The van der Waals surface area contributed by atoms with Gasteiger partial charge in [0.15, 0.2) is 5.13 Å². The Hall–Kier alpha value is -3.07. The van der Waals surface area contributed by atoms with Gasteiger partial charge in [-0.25, -0.2) is 9.78 Å². The third-order valence-corrected chi connectivity index (χ3v) is 6.99. The molecule has 5 aromatic rings. The van der Waals surface area contributed by atoms with Gasteiger partial charge in [-0.2, -0.15) is 0 Å². The van der Waals surface area contributed by atoms with Gasteiger partial charge < -0.3 is 9.32 Å². The Bertz CT molecular complexity index is 1570. The lowest BCUT2D eigenvalue weighted by Crippen LogP contribution is -2.38. The van der Waals surface area contributed by atoms with Crippen LogP contribution < -0.4 is 10.5 Å². The molecule has 0 unspecified atom stereocenters. The fraction of sp³-hybridized carbons (Fsp3) is 0.160. The van der Waals surface area contributed by atoms with E-state index in [0.29, 0.717) is 23.8 Å². The van der Waals surface area contributed by atoms with E-state index in [0.717, 1.165) is 30.8 Å². The zero-order valence-corrected chi connectivity index (χ0v) is 20.4. The normalized spacial score (nSPS) is 11.6. The standard InChI is InChI=1S/C25H20BrN3O3S/c1-28(2)11-12-29(25-27-20-9-8-16(26)13-22(20)33-25)23(30)19-14-18-17-6-4-3-5-15(17)7-10-21(18)32-24(19)31/h3-10,13-14H,11-12H2,1-2H3. The van der Waals surface area contributed by atoms with Crippen molar-refractivity contribution in [2.75, 3.05) is 32.1 Å². The highest BCUT2D eigenvalue weighted by Gasteiger charge is 2.25. The molecular weight excluding hydrogens is 502 g/mol. The molecular formula is C25H20BrN3O3S. The summed E-state index contributed by atoms with van der Waals surface area (Å²) in [5, 5.41) is 3.22. The van der Waals surface area contributed by atoms with E-state index in [4.69, 9.17) is 4.42 Å². The fourth-order valence-corrected chi connectivity index (χ4v) is 5.29. The van der Waals surface area contributed by atoms with Gasteiger partial charge in [-0.1, -0.05) is 57.6 Å². The van der Waals surface area contributed by atoms with Crippen molar-refractivity contribution in [1.82, 2.24) is 9.88 Å². The number of carbonyl (C=O) groups excluding carboxylic acids is 1. The maximum Gasteiger partial charge on any atom is 0.349 e. The van der Waals surface area contributed by atoms with E-state index in [1.807, 2.05) is 67.5 Å². The molecule has 0 aliphatic rings. The minimum atomic E-state index is -0.651. The van der Waals surface area contributed by atoms with Gasteiger partial charge in [0.25, 0.3) is 5.91 Å². The number of carbonyl (C=O) groups is 1. The van der Waals surface area contributed by atoms with E-state index in [2.05, 4.69) is 20.9 Å². The predicted octanol–water partition coefficient (Wildman–Crippen LogP) is 5.53. The van der Waals surface area contributed by atoms with Crippen LogP contribution in [0.4, 0.5) is 5.13 Å². The first-order valence-electron chi connectivity index (χ1n) is 10.4. The third-order valence-electron chi connectivity index (χ3n) is 5.46. The number of anilines is 1. The lowest BCUT2D eigenvalue weighted by Gasteiger charge is -2.21. The van der Waals surface area contributed by atoms with Crippen molar-refractivity contribution in [3.63, 3.8) is 0 Å². The summed E-state index contributed by atoms with van der Waals surface area (Å²) in [5.74, 6) is -0.418. The summed E-state index contributed by atoms with van der Waals surface area (Å²) in [6.07, 6.45) is 0. The molecule has 8 heteroatoms. The Morgan fingerprint density at radius 3 is 2.67 bits per heavy atom. The molecule has 2 heterocycles. The minimum absolute atomic E-state index is 0.00181. The first-order chi connectivity index (χ1) is 15.9. The molecule has 33 heavy (non-hydrogen) atoms. The van der Waals surface area contributed by atoms with Crippen LogP contribution in [0.25, 0.3) is 32.0 Å². The van der Waals surface area contributed by atoms with Crippen molar-refractivity contribution >= 4 is 70.3 Å². The number of benzene rings is 3. The number of halogens is 1. The molecule has 0 spiro atoms. The topological polar surface area (TPSA) is 66.7 Å². The Morgan fingerprint density at radius 1 is 1.03 bits per heavy atom. The molecule has 0 aliphatic carbocycles. The van der Waals surface area contributed by atoms with Crippen LogP contribution in [-0.4, -0.2) is 43.0 Å². The lowest BCUT2D eigenvalue weighted by atomic mass is 10.0.